The quantitative estimate of drug-likeness (QED) is 0.827. The third-order valence-electron chi connectivity index (χ3n) is 5.16. The van der Waals surface area contributed by atoms with Crippen LogP contribution in [0.3, 0.4) is 0 Å². The van der Waals surface area contributed by atoms with Crippen molar-refractivity contribution in [1.29, 1.82) is 0 Å². The van der Waals surface area contributed by atoms with Crippen LogP contribution in [0.4, 0.5) is 0 Å². The Morgan fingerprint density at radius 3 is 2.50 bits per heavy atom. The summed E-state index contributed by atoms with van der Waals surface area (Å²) in [6.45, 7) is 0.533. The van der Waals surface area contributed by atoms with Gasteiger partial charge in [-0.1, -0.05) is 12.1 Å². The molecule has 1 N–H and O–H groups in total. The number of nitrogens with zero attached hydrogens (tertiary/aromatic N) is 2. The Bertz CT molecular complexity index is 714. The van der Waals surface area contributed by atoms with Crippen LogP contribution in [-0.4, -0.2) is 66.5 Å². The Balaban J connectivity index is 1.73. The summed E-state index contributed by atoms with van der Waals surface area (Å²) in [6, 6.07) is 6.78. The molecule has 0 aromatic heterocycles. The average molecular weight is 360 g/mol. The number of hydrogen-bond acceptors (Lipinski definition) is 4. The van der Waals surface area contributed by atoms with Crippen molar-refractivity contribution in [2.24, 2.45) is 17.8 Å². The Labute approximate surface area is 152 Å². The van der Waals surface area contributed by atoms with E-state index in [1.807, 2.05) is 0 Å². The summed E-state index contributed by atoms with van der Waals surface area (Å²) in [5, 5.41) is 9.48. The van der Waals surface area contributed by atoms with Gasteiger partial charge in [0, 0.05) is 27.2 Å². The minimum atomic E-state index is -0.835. The molecule has 140 valence electrons. The highest BCUT2D eigenvalue weighted by Gasteiger charge is 2.47. The van der Waals surface area contributed by atoms with Crippen LogP contribution < -0.4 is 4.74 Å². The van der Waals surface area contributed by atoms with Crippen molar-refractivity contribution in [3.63, 3.8) is 0 Å². The normalized spacial score (nSPS) is 22.2. The van der Waals surface area contributed by atoms with E-state index < -0.39 is 11.9 Å². The number of ether oxygens (including phenoxy) is 1. The lowest BCUT2D eigenvalue weighted by atomic mass is 9.92. The van der Waals surface area contributed by atoms with Gasteiger partial charge in [0.05, 0.1) is 11.5 Å². The summed E-state index contributed by atoms with van der Waals surface area (Å²) in [7, 11) is 3.27. The SMILES string of the molecule is CN(C)C(=O)COc1ccccc1C(=O)N1C[C@H](C(=O)O)[C@@H](C2CC2)C1. The highest BCUT2D eigenvalue weighted by atomic mass is 16.5. The highest BCUT2D eigenvalue weighted by Crippen LogP contribution is 2.44. The second-order valence-electron chi connectivity index (χ2n) is 7.23. The Morgan fingerprint density at radius 2 is 1.88 bits per heavy atom. The van der Waals surface area contributed by atoms with E-state index in [1.54, 1.807) is 43.3 Å². The van der Waals surface area contributed by atoms with Crippen molar-refractivity contribution in [3.8, 4) is 5.75 Å². The largest absolute Gasteiger partial charge is 0.483 e. The molecule has 1 heterocycles. The molecular weight excluding hydrogens is 336 g/mol. The van der Waals surface area contributed by atoms with Crippen LogP contribution in [0, 0.1) is 17.8 Å². The molecule has 1 saturated heterocycles. The number of hydrogen-bond donors (Lipinski definition) is 1. The zero-order chi connectivity index (χ0) is 18.8. The first-order valence-electron chi connectivity index (χ1n) is 8.82. The van der Waals surface area contributed by atoms with Crippen LogP contribution in [0.15, 0.2) is 24.3 Å². The van der Waals surface area contributed by atoms with Gasteiger partial charge in [0.15, 0.2) is 6.61 Å². The van der Waals surface area contributed by atoms with Gasteiger partial charge in [-0.05, 0) is 36.8 Å². The van der Waals surface area contributed by atoms with Gasteiger partial charge in [-0.25, -0.2) is 0 Å². The van der Waals surface area contributed by atoms with Crippen molar-refractivity contribution < 1.29 is 24.2 Å². The Kier molecular flexibility index (Phi) is 5.15. The number of likely N-dealkylation sites (tertiary alicyclic amines) is 1. The minimum Gasteiger partial charge on any atom is -0.483 e. The van der Waals surface area contributed by atoms with E-state index in [9.17, 15) is 19.5 Å². The molecule has 2 aliphatic rings. The number of carbonyl (C=O) groups excluding carboxylic acids is 2. The predicted molar refractivity (Wildman–Crippen MR) is 93.9 cm³/mol. The maximum absolute atomic E-state index is 13.0. The molecule has 0 spiro atoms. The number of rotatable bonds is 6. The zero-order valence-electron chi connectivity index (χ0n) is 15.1. The van der Waals surface area contributed by atoms with E-state index in [1.165, 1.54) is 4.90 Å². The first kappa shape index (κ1) is 18.2. The van der Waals surface area contributed by atoms with E-state index in [2.05, 4.69) is 0 Å². The lowest BCUT2D eigenvalue weighted by Gasteiger charge is -2.19. The minimum absolute atomic E-state index is 0.0276. The van der Waals surface area contributed by atoms with E-state index in [0.29, 0.717) is 23.8 Å². The molecule has 3 rings (SSSR count). The van der Waals surface area contributed by atoms with Gasteiger partial charge >= 0.3 is 5.97 Å². The van der Waals surface area contributed by atoms with Crippen LogP contribution in [0.2, 0.25) is 0 Å². The van der Waals surface area contributed by atoms with E-state index in [-0.39, 0.29) is 30.9 Å². The van der Waals surface area contributed by atoms with Crippen molar-refractivity contribution in [3.05, 3.63) is 29.8 Å². The number of para-hydroxylation sites is 1. The van der Waals surface area contributed by atoms with Gasteiger partial charge in [-0.3, -0.25) is 14.4 Å². The summed E-state index contributed by atoms with van der Waals surface area (Å²) in [5.41, 5.74) is 0.361. The fourth-order valence-corrected chi connectivity index (χ4v) is 3.47. The molecule has 0 bridgehead atoms. The molecule has 0 unspecified atom stereocenters. The van der Waals surface area contributed by atoms with Gasteiger partial charge in [0.1, 0.15) is 5.75 Å². The monoisotopic (exact) mass is 360 g/mol. The highest BCUT2D eigenvalue weighted by molar-refractivity contribution is 5.97. The van der Waals surface area contributed by atoms with Crippen molar-refractivity contribution >= 4 is 17.8 Å². The van der Waals surface area contributed by atoms with Crippen LogP contribution in [0.5, 0.6) is 5.75 Å². The molecule has 1 aromatic carbocycles. The van der Waals surface area contributed by atoms with Gasteiger partial charge in [0.2, 0.25) is 0 Å². The zero-order valence-corrected chi connectivity index (χ0v) is 15.1. The number of benzene rings is 1. The van der Waals surface area contributed by atoms with E-state index in [4.69, 9.17) is 4.74 Å². The number of amides is 2. The van der Waals surface area contributed by atoms with Crippen LogP contribution in [0.1, 0.15) is 23.2 Å². The maximum atomic E-state index is 13.0. The number of aliphatic carboxylic acids is 1. The summed E-state index contributed by atoms with van der Waals surface area (Å²) in [5.74, 6) is -0.999. The summed E-state index contributed by atoms with van der Waals surface area (Å²) < 4.78 is 5.55. The standard InChI is InChI=1S/C19H24N2O5/c1-20(2)17(22)11-26-16-6-4-3-5-13(16)18(23)21-9-14(12-7-8-12)15(10-21)19(24)25/h3-6,12,14-15H,7-11H2,1-2H3,(H,24,25)/t14-,15+/m1/s1. The third-order valence-corrected chi connectivity index (χ3v) is 5.16. The molecule has 2 fully saturated rings. The molecule has 26 heavy (non-hydrogen) atoms. The van der Waals surface area contributed by atoms with Gasteiger partial charge in [-0.2, -0.15) is 0 Å². The topological polar surface area (TPSA) is 87.2 Å². The molecular formula is C19H24N2O5. The van der Waals surface area contributed by atoms with Crippen LogP contribution in [0.25, 0.3) is 0 Å². The van der Waals surface area contributed by atoms with E-state index >= 15 is 0 Å². The lowest BCUT2D eigenvalue weighted by Crippen LogP contribution is -2.31. The summed E-state index contributed by atoms with van der Waals surface area (Å²) in [4.78, 5) is 39.3. The van der Waals surface area contributed by atoms with Crippen LogP contribution >= 0.6 is 0 Å². The Morgan fingerprint density at radius 1 is 1.19 bits per heavy atom. The van der Waals surface area contributed by atoms with Crippen molar-refractivity contribution in [2.45, 2.75) is 12.8 Å². The van der Waals surface area contributed by atoms with Crippen molar-refractivity contribution in [1.82, 2.24) is 9.80 Å². The number of carboxylic acid groups (broad SMARTS) is 1. The predicted octanol–water partition coefficient (Wildman–Crippen LogP) is 1.34. The van der Waals surface area contributed by atoms with Gasteiger partial charge in [-0.15, -0.1) is 0 Å². The van der Waals surface area contributed by atoms with Gasteiger partial charge < -0.3 is 19.6 Å². The third kappa shape index (κ3) is 3.81. The number of carbonyl (C=O) groups is 3. The molecule has 1 aromatic rings. The molecule has 1 aliphatic heterocycles. The molecule has 1 aliphatic carbocycles. The second kappa shape index (κ2) is 7.35. The van der Waals surface area contributed by atoms with Gasteiger partial charge in [0.25, 0.3) is 11.8 Å². The lowest BCUT2D eigenvalue weighted by molar-refractivity contribution is -0.142. The molecule has 7 nitrogen and oxygen atoms in total. The van der Waals surface area contributed by atoms with E-state index in [0.717, 1.165) is 12.8 Å². The number of likely N-dealkylation sites (N-methyl/N-ethyl adjacent to an activating group) is 1. The van der Waals surface area contributed by atoms with Crippen LogP contribution in [-0.2, 0) is 9.59 Å². The second-order valence-corrected chi connectivity index (χ2v) is 7.23. The summed E-state index contributed by atoms with van der Waals surface area (Å²) >= 11 is 0. The molecule has 2 atom stereocenters. The summed E-state index contributed by atoms with van der Waals surface area (Å²) in [6.07, 6.45) is 2.09. The molecule has 2 amide bonds. The first-order chi connectivity index (χ1) is 12.4. The first-order valence-corrected chi connectivity index (χ1v) is 8.82. The smallest absolute Gasteiger partial charge is 0.308 e. The number of carboxylic acids is 1. The molecule has 0 radical (unpaired) electrons. The molecule has 1 saturated carbocycles. The maximum Gasteiger partial charge on any atom is 0.308 e. The Hall–Kier alpha value is -2.57. The average Bonchev–Trinajstić information content (AvgIpc) is 3.37. The fourth-order valence-electron chi connectivity index (χ4n) is 3.47. The fraction of sp³-hybridized carbons (Fsp3) is 0.526. The van der Waals surface area contributed by atoms with Crippen molar-refractivity contribution in [2.75, 3.05) is 33.8 Å². The molecule has 7 heteroatoms.